The van der Waals surface area contributed by atoms with Gasteiger partial charge in [0.15, 0.2) is 0 Å². The molecule has 0 amide bonds. The smallest absolute Gasteiger partial charge is 0.0347 e. The minimum atomic E-state index is 0.786. The van der Waals surface area contributed by atoms with Crippen molar-refractivity contribution in [3.05, 3.63) is 0 Å². The molecule has 6 heteroatoms. The van der Waals surface area contributed by atoms with Gasteiger partial charge in [0, 0.05) is 17.8 Å². The third kappa shape index (κ3) is 8.15. The molecule has 0 saturated heterocycles. The molecule has 0 radical (unpaired) electrons. The molecule has 0 saturated carbocycles. The predicted molar refractivity (Wildman–Crippen MR) is 29.7 cm³/mol. The van der Waals surface area contributed by atoms with Crippen molar-refractivity contribution in [2.24, 2.45) is 0 Å². The van der Waals surface area contributed by atoms with E-state index in [1.54, 1.807) is 0 Å². The molecular weight excluding hydrogens is 148 g/mol. The maximum absolute atomic E-state index is 7.49. The minimum Gasteiger partial charge on any atom is -0.219 e. The Labute approximate surface area is 56.8 Å². The molecule has 5 nitrogen and oxygen atoms in total. The highest BCUT2D eigenvalue weighted by atomic mass is 32.2. The first-order chi connectivity index (χ1) is 4.41. The van der Waals surface area contributed by atoms with Crippen LogP contribution in [-0.2, 0) is 19.4 Å². The fourth-order valence-electron chi connectivity index (χ4n) is 0.161. The molecule has 0 unspecified atom stereocenters. The van der Waals surface area contributed by atoms with Gasteiger partial charge in [-0.2, -0.15) is 0 Å². The summed E-state index contributed by atoms with van der Waals surface area (Å²) >= 11 is 1.05. The van der Waals surface area contributed by atoms with Crippen LogP contribution in [0.1, 0.15) is 13.3 Å². The summed E-state index contributed by atoms with van der Waals surface area (Å²) in [6, 6.07) is 0. The van der Waals surface area contributed by atoms with Crippen molar-refractivity contribution in [1.29, 1.82) is 0 Å². The van der Waals surface area contributed by atoms with Crippen molar-refractivity contribution in [3.8, 4) is 0 Å². The summed E-state index contributed by atoms with van der Waals surface area (Å²) in [5.41, 5.74) is 0. The van der Waals surface area contributed by atoms with Crippen LogP contribution in [0.25, 0.3) is 0 Å². The zero-order chi connectivity index (χ0) is 6.95. The molecule has 0 aliphatic rings. The molecule has 0 rings (SSSR count). The van der Waals surface area contributed by atoms with Gasteiger partial charge >= 0.3 is 0 Å². The Kier molecular flexibility index (Phi) is 8.29. The Hall–Kier alpha value is 0.150. The van der Waals surface area contributed by atoms with E-state index in [-0.39, 0.29) is 0 Å². The van der Waals surface area contributed by atoms with E-state index in [0.717, 1.165) is 24.2 Å². The molecule has 0 aromatic rings. The molecule has 0 aromatic carbocycles. The second-order valence-electron chi connectivity index (χ2n) is 1.10. The van der Waals surface area contributed by atoms with E-state index in [4.69, 9.17) is 5.26 Å². The molecule has 0 atom stereocenters. The van der Waals surface area contributed by atoms with Gasteiger partial charge in [-0.25, -0.2) is 5.26 Å². The van der Waals surface area contributed by atoms with Gasteiger partial charge in [0.2, 0.25) is 0 Å². The fourth-order valence-corrected chi connectivity index (χ4v) is 0.457. The summed E-state index contributed by atoms with van der Waals surface area (Å²) in [5, 5.41) is 17.8. The van der Waals surface area contributed by atoms with E-state index >= 15 is 0 Å². The van der Waals surface area contributed by atoms with Gasteiger partial charge in [0.25, 0.3) is 0 Å². The topological polar surface area (TPSA) is 57.2 Å². The van der Waals surface area contributed by atoms with Crippen molar-refractivity contribution in [3.63, 3.8) is 0 Å². The zero-order valence-electron chi connectivity index (χ0n) is 4.90. The van der Waals surface area contributed by atoms with E-state index in [1.165, 1.54) is 0 Å². The summed E-state index contributed by atoms with van der Waals surface area (Å²) in [6.07, 6.45) is 0.966. The van der Waals surface area contributed by atoms with E-state index in [9.17, 15) is 0 Å². The standard InChI is InChI=1S/C3H8O5S/c1-2-3-9-8-7-6-5-4/h4H,2-3H2,1H3. The number of hydrogen-bond donors (Lipinski definition) is 1. The van der Waals surface area contributed by atoms with Gasteiger partial charge in [0.1, 0.15) is 0 Å². The first-order valence-corrected chi connectivity index (χ1v) is 3.26. The van der Waals surface area contributed by atoms with Crippen molar-refractivity contribution < 1.29 is 24.7 Å². The second-order valence-corrected chi connectivity index (χ2v) is 1.88. The van der Waals surface area contributed by atoms with E-state index in [0.29, 0.717) is 0 Å². The normalized spacial score (nSPS) is 10.0. The highest BCUT2D eigenvalue weighted by Gasteiger charge is 1.88. The van der Waals surface area contributed by atoms with Crippen LogP contribution in [0.4, 0.5) is 0 Å². The average Bonchev–Trinajstić information content (AvgIpc) is 1.89. The molecular formula is C3H8O5S. The lowest BCUT2D eigenvalue weighted by Gasteiger charge is -1.94. The fraction of sp³-hybridized carbons (Fsp3) is 1.00. The largest absolute Gasteiger partial charge is 0.219 e. The Morgan fingerprint density at radius 3 is 2.78 bits per heavy atom. The molecule has 0 spiro atoms. The quantitative estimate of drug-likeness (QED) is 0.271. The molecule has 56 valence electrons. The summed E-state index contributed by atoms with van der Waals surface area (Å²) in [7, 11) is 0. The van der Waals surface area contributed by atoms with Gasteiger partial charge < -0.3 is 0 Å². The molecule has 0 heterocycles. The first-order valence-electron chi connectivity index (χ1n) is 2.35. The number of hydrogen-bond acceptors (Lipinski definition) is 6. The molecule has 0 aliphatic heterocycles. The van der Waals surface area contributed by atoms with Crippen LogP contribution >= 0.6 is 12.0 Å². The van der Waals surface area contributed by atoms with Gasteiger partial charge in [0.05, 0.1) is 0 Å². The lowest BCUT2D eigenvalue weighted by Crippen LogP contribution is -1.90. The van der Waals surface area contributed by atoms with Crippen LogP contribution in [-0.4, -0.2) is 11.0 Å². The summed E-state index contributed by atoms with van der Waals surface area (Å²) in [4.78, 5) is 0. The van der Waals surface area contributed by atoms with E-state index in [2.05, 4.69) is 19.4 Å². The Balaban J connectivity index is 2.60. The van der Waals surface area contributed by atoms with Crippen LogP contribution in [0, 0.1) is 0 Å². The summed E-state index contributed by atoms with van der Waals surface area (Å²) < 4.78 is 4.22. The van der Waals surface area contributed by atoms with Crippen LogP contribution in [0.5, 0.6) is 0 Å². The molecule has 1 N–H and O–H groups in total. The average molecular weight is 156 g/mol. The molecule has 0 aliphatic carbocycles. The van der Waals surface area contributed by atoms with Crippen molar-refractivity contribution in [1.82, 2.24) is 0 Å². The van der Waals surface area contributed by atoms with Gasteiger partial charge in [-0.1, -0.05) is 6.92 Å². The Bertz CT molecular complexity index is 45.5. The van der Waals surface area contributed by atoms with E-state index < -0.39 is 0 Å². The van der Waals surface area contributed by atoms with Crippen LogP contribution < -0.4 is 0 Å². The van der Waals surface area contributed by atoms with Crippen LogP contribution in [0.15, 0.2) is 0 Å². The maximum Gasteiger partial charge on any atom is 0.0347 e. The van der Waals surface area contributed by atoms with Crippen LogP contribution in [0.3, 0.4) is 0 Å². The highest BCUT2D eigenvalue weighted by Crippen LogP contribution is 2.03. The summed E-state index contributed by atoms with van der Waals surface area (Å²) in [5.74, 6) is 0.786. The zero-order valence-corrected chi connectivity index (χ0v) is 5.72. The van der Waals surface area contributed by atoms with Crippen LogP contribution in [0.2, 0.25) is 0 Å². The van der Waals surface area contributed by atoms with Crippen molar-refractivity contribution in [2.75, 3.05) is 5.75 Å². The van der Waals surface area contributed by atoms with Gasteiger partial charge in [-0.05, 0) is 21.5 Å². The Morgan fingerprint density at radius 1 is 1.44 bits per heavy atom. The molecule has 0 bridgehead atoms. The summed E-state index contributed by atoms with van der Waals surface area (Å²) in [6.45, 7) is 1.99. The molecule has 0 fully saturated rings. The second kappa shape index (κ2) is 8.15. The monoisotopic (exact) mass is 156 g/mol. The maximum atomic E-state index is 7.49. The van der Waals surface area contributed by atoms with Gasteiger partial charge in [-0.3, -0.25) is 0 Å². The van der Waals surface area contributed by atoms with Crippen molar-refractivity contribution >= 4 is 12.0 Å². The third-order valence-corrected chi connectivity index (χ3v) is 1.15. The third-order valence-electron chi connectivity index (χ3n) is 0.422. The molecule has 0 aromatic heterocycles. The predicted octanol–water partition coefficient (Wildman–Crippen LogP) is 1.33. The van der Waals surface area contributed by atoms with Gasteiger partial charge in [-0.15, -0.1) is 4.33 Å². The Morgan fingerprint density at radius 2 is 2.22 bits per heavy atom. The van der Waals surface area contributed by atoms with Crippen molar-refractivity contribution in [2.45, 2.75) is 13.3 Å². The SMILES string of the molecule is CCCSOOOOO. The highest BCUT2D eigenvalue weighted by molar-refractivity contribution is 7.94. The minimum absolute atomic E-state index is 0.786. The lowest BCUT2D eigenvalue weighted by atomic mass is 10.6. The number of rotatable bonds is 6. The molecule has 9 heavy (non-hydrogen) atoms. The first kappa shape index (κ1) is 9.15. The van der Waals surface area contributed by atoms with E-state index in [1.807, 2.05) is 6.92 Å². The lowest BCUT2D eigenvalue weighted by molar-refractivity contribution is -0.682.